The van der Waals surface area contributed by atoms with Crippen LogP contribution in [0.3, 0.4) is 0 Å². The minimum atomic E-state index is -0.700. The number of aliphatic hydroxyl groups is 1. The molecule has 2 aromatic rings. The number of thioether (sulfide) groups is 1. The zero-order valence-electron chi connectivity index (χ0n) is 11.5. The third-order valence-corrected chi connectivity index (χ3v) is 4.51. The third kappa shape index (κ3) is 4.01. The Hall–Kier alpha value is -1.01. The Balaban J connectivity index is 2.07. The van der Waals surface area contributed by atoms with Crippen molar-refractivity contribution in [2.24, 2.45) is 0 Å². The number of aryl methyl sites for hydroxylation is 1. The topological polar surface area (TPSA) is 50.9 Å². The van der Waals surface area contributed by atoms with Gasteiger partial charge in [-0.15, -0.1) is 16.8 Å². The molecule has 0 aliphatic heterocycles. The molecule has 0 radical (unpaired) electrons. The summed E-state index contributed by atoms with van der Waals surface area (Å²) in [6, 6.07) is 5.06. The van der Waals surface area contributed by atoms with E-state index in [9.17, 15) is 5.11 Å². The highest BCUT2D eigenvalue weighted by Crippen LogP contribution is 2.30. The minimum Gasteiger partial charge on any atom is -0.387 e. The van der Waals surface area contributed by atoms with Crippen LogP contribution in [0.1, 0.15) is 17.5 Å². The predicted octanol–water partition coefficient (Wildman–Crippen LogP) is 3.91. The molecule has 1 N–H and O–H groups in total. The largest absolute Gasteiger partial charge is 0.387 e. The Labute approximate surface area is 137 Å². The summed E-state index contributed by atoms with van der Waals surface area (Å²) in [5.74, 6) is 1.24. The molecule has 1 atom stereocenters. The van der Waals surface area contributed by atoms with E-state index in [1.54, 1.807) is 24.3 Å². The van der Waals surface area contributed by atoms with Gasteiger partial charge in [-0.2, -0.15) is 0 Å². The lowest BCUT2D eigenvalue weighted by molar-refractivity contribution is 0.204. The number of allylic oxidation sites excluding steroid dienone is 1. The number of nitrogens with zero attached hydrogens (tertiary/aromatic N) is 3. The van der Waals surface area contributed by atoms with Crippen molar-refractivity contribution in [3.05, 3.63) is 52.3 Å². The van der Waals surface area contributed by atoms with Crippen molar-refractivity contribution in [2.45, 2.75) is 24.7 Å². The Morgan fingerprint density at radius 2 is 2.19 bits per heavy atom. The fourth-order valence-corrected chi connectivity index (χ4v) is 3.30. The zero-order valence-corrected chi connectivity index (χ0v) is 13.8. The maximum atomic E-state index is 10.3. The second-order valence-electron chi connectivity index (χ2n) is 4.42. The van der Waals surface area contributed by atoms with Gasteiger partial charge in [0.2, 0.25) is 0 Å². The highest BCUT2D eigenvalue weighted by molar-refractivity contribution is 7.99. The summed E-state index contributed by atoms with van der Waals surface area (Å²) >= 11 is 13.4. The molecule has 4 nitrogen and oxygen atoms in total. The highest BCUT2D eigenvalue weighted by Gasteiger charge is 2.15. The van der Waals surface area contributed by atoms with Gasteiger partial charge in [-0.1, -0.05) is 47.1 Å². The van der Waals surface area contributed by atoms with Crippen molar-refractivity contribution in [3.8, 4) is 0 Å². The van der Waals surface area contributed by atoms with Crippen molar-refractivity contribution < 1.29 is 5.11 Å². The molecule has 0 spiro atoms. The van der Waals surface area contributed by atoms with Gasteiger partial charge >= 0.3 is 0 Å². The van der Waals surface area contributed by atoms with Gasteiger partial charge in [0.25, 0.3) is 0 Å². The molecule has 21 heavy (non-hydrogen) atoms. The minimum absolute atomic E-state index is 0.427. The molecule has 112 valence electrons. The summed E-state index contributed by atoms with van der Waals surface area (Å²) in [6.07, 6.45) is 1.08. The Morgan fingerprint density at radius 1 is 1.43 bits per heavy atom. The molecule has 0 saturated heterocycles. The van der Waals surface area contributed by atoms with Crippen LogP contribution in [0.5, 0.6) is 0 Å². The second-order valence-corrected chi connectivity index (χ2v) is 6.25. The van der Waals surface area contributed by atoms with Crippen molar-refractivity contribution >= 4 is 35.0 Å². The molecule has 2 rings (SSSR count). The molecule has 1 aromatic heterocycles. The van der Waals surface area contributed by atoms with E-state index >= 15 is 0 Å². The van der Waals surface area contributed by atoms with Crippen molar-refractivity contribution in [2.75, 3.05) is 5.75 Å². The molecule has 0 aliphatic rings. The summed E-state index contributed by atoms with van der Waals surface area (Å²) in [6.45, 7) is 6.24. The number of halogens is 2. The van der Waals surface area contributed by atoms with Crippen LogP contribution in [0.25, 0.3) is 0 Å². The standard InChI is InChI=1S/C14H15Cl2N3OS/c1-3-6-19-9(2)17-18-14(19)21-8-13(20)11-5-4-10(15)7-12(11)16/h3-5,7,13,20H,1,6,8H2,2H3. The molecule has 7 heteroatoms. The third-order valence-electron chi connectivity index (χ3n) is 2.91. The van der Waals surface area contributed by atoms with E-state index in [0.29, 0.717) is 27.9 Å². The smallest absolute Gasteiger partial charge is 0.191 e. The SMILES string of the molecule is C=CCn1c(C)nnc1SCC(O)c1ccc(Cl)cc1Cl. The van der Waals surface area contributed by atoms with Gasteiger partial charge in [0.1, 0.15) is 5.82 Å². The van der Waals surface area contributed by atoms with E-state index in [2.05, 4.69) is 16.8 Å². The van der Waals surface area contributed by atoms with Crippen LogP contribution in [-0.4, -0.2) is 25.6 Å². The normalized spacial score (nSPS) is 12.4. The molecule has 1 aromatic carbocycles. The average Bonchev–Trinajstić information content (AvgIpc) is 2.78. The molecule has 0 amide bonds. The Bertz CT molecular complexity index is 645. The summed E-state index contributed by atoms with van der Waals surface area (Å²) < 4.78 is 1.94. The summed E-state index contributed by atoms with van der Waals surface area (Å²) in [5.41, 5.74) is 0.653. The molecule has 0 aliphatic carbocycles. The van der Waals surface area contributed by atoms with Crippen LogP contribution in [0, 0.1) is 6.92 Å². The predicted molar refractivity (Wildman–Crippen MR) is 87.1 cm³/mol. The van der Waals surface area contributed by atoms with Crippen molar-refractivity contribution in [3.63, 3.8) is 0 Å². The van der Waals surface area contributed by atoms with E-state index < -0.39 is 6.10 Å². The van der Waals surface area contributed by atoms with E-state index in [1.165, 1.54) is 11.8 Å². The summed E-state index contributed by atoms with van der Waals surface area (Å²) in [5, 5.41) is 20.1. The van der Waals surface area contributed by atoms with Crippen LogP contribution in [0.15, 0.2) is 36.0 Å². The maximum absolute atomic E-state index is 10.3. The number of hydrogen-bond donors (Lipinski definition) is 1. The Morgan fingerprint density at radius 3 is 2.86 bits per heavy atom. The average molecular weight is 344 g/mol. The van der Waals surface area contributed by atoms with Gasteiger partial charge in [-0.05, 0) is 19.1 Å². The van der Waals surface area contributed by atoms with E-state index in [0.717, 1.165) is 11.0 Å². The molecule has 1 unspecified atom stereocenters. The molecule has 0 saturated carbocycles. The lowest BCUT2D eigenvalue weighted by atomic mass is 10.1. The number of aliphatic hydroxyl groups excluding tert-OH is 1. The first-order valence-electron chi connectivity index (χ1n) is 6.29. The Kier molecular flexibility index (Phi) is 5.70. The fourth-order valence-electron chi connectivity index (χ4n) is 1.82. The molecule has 0 fully saturated rings. The van der Waals surface area contributed by atoms with Crippen molar-refractivity contribution in [1.82, 2.24) is 14.8 Å². The maximum Gasteiger partial charge on any atom is 0.191 e. The molecular weight excluding hydrogens is 329 g/mol. The molecule has 0 bridgehead atoms. The number of benzene rings is 1. The van der Waals surface area contributed by atoms with Crippen molar-refractivity contribution in [1.29, 1.82) is 0 Å². The summed E-state index contributed by atoms with van der Waals surface area (Å²) in [4.78, 5) is 0. The van der Waals surface area contributed by atoms with Crippen LogP contribution < -0.4 is 0 Å². The van der Waals surface area contributed by atoms with Crippen LogP contribution >= 0.6 is 35.0 Å². The number of aromatic nitrogens is 3. The van der Waals surface area contributed by atoms with E-state index in [1.807, 2.05) is 11.5 Å². The van der Waals surface area contributed by atoms with Crippen LogP contribution in [-0.2, 0) is 6.54 Å². The number of hydrogen-bond acceptors (Lipinski definition) is 4. The van der Waals surface area contributed by atoms with Gasteiger partial charge < -0.3 is 9.67 Å². The molecule has 1 heterocycles. The first-order valence-corrected chi connectivity index (χ1v) is 8.03. The van der Waals surface area contributed by atoms with Gasteiger partial charge in [0.15, 0.2) is 5.16 Å². The van der Waals surface area contributed by atoms with Crippen LogP contribution in [0.4, 0.5) is 0 Å². The quantitative estimate of drug-likeness (QED) is 0.638. The highest BCUT2D eigenvalue weighted by atomic mass is 35.5. The second kappa shape index (κ2) is 7.31. The summed E-state index contributed by atoms with van der Waals surface area (Å²) in [7, 11) is 0. The van der Waals surface area contributed by atoms with Gasteiger partial charge in [0, 0.05) is 27.9 Å². The lowest BCUT2D eigenvalue weighted by Crippen LogP contribution is -2.04. The van der Waals surface area contributed by atoms with Gasteiger partial charge in [-0.25, -0.2) is 0 Å². The van der Waals surface area contributed by atoms with Crippen LogP contribution in [0.2, 0.25) is 10.0 Å². The van der Waals surface area contributed by atoms with E-state index in [4.69, 9.17) is 23.2 Å². The number of rotatable bonds is 6. The van der Waals surface area contributed by atoms with Gasteiger partial charge in [0.05, 0.1) is 6.10 Å². The first kappa shape index (κ1) is 16.4. The molecular formula is C14H15Cl2N3OS. The fraction of sp³-hybridized carbons (Fsp3) is 0.286. The zero-order chi connectivity index (χ0) is 15.4. The monoisotopic (exact) mass is 343 g/mol. The van der Waals surface area contributed by atoms with E-state index in [-0.39, 0.29) is 0 Å². The lowest BCUT2D eigenvalue weighted by Gasteiger charge is -2.12. The first-order chi connectivity index (χ1) is 10.0. The van der Waals surface area contributed by atoms with Gasteiger partial charge in [-0.3, -0.25) is 0 Å².